The average Bonchev–Trinajstić information content (AvgIpc) is 2.46. The first-order chi connectivity index (χ1) is 6.68. The van der Waals surface area contributed by atoms with E-state index in [9.17, 15) is 0 Å². The molecule has 14 heavy (non-hydrogen) atoms. The van der Waals surface area contributed by atoms with Crippen molar-refractivity contribution in [2.24, 2.45) is 5.92 Å². The Bertz CT molecular complexity index is 195. The second kappa shape index (κ2) is 5.11. The van der Waals surface area contributed by atoms with Crippen LogP contribution in [0, 0.1) is 5.92 Å². The van der Waals surface area contributed by atoms with Crippen molar-refractivity contribution in [1.29, 1.82) is 0 Å². The van der Waals surface area contributed by atoms with Crippen LogP contribution in [0.2, 0.25) is 0 Å². The minimum atomic E-state index is 0.412. The molecular formula is C9H16I2N2O. The first-order valence-corrected chi connectivity index (χ1v) is 7.06. The van der Waals surface area contributed by atoms with Gasteiger partial charge in [0, 0.05) is 71.4 Å². The normalized spacial score (nSPS) is 41.8. The van der Waals surface area contributed by atoms with Crippen LogP contribution >= 0.6 is 45.7 Å². The lowest BCUT2D eigenvalue weighted by Crippen LogP contribution is -2.48. The van der Waals surface area contributed by atoms with Gasteiger partial charge < -0.3 is 4.74 Å². The number of nitrogens with zero attached hydrogens (tertiary/aromatic N) is 2. The molecule has 0 aromatic rings. The molecule has 2 aliphatic rings. The van der Waals surface area contributed by atoms with Crippen molar-refractivity contribution in [2.45, 2.75) is 25.5 Å². The maximum Gasteiger partial charge on any atom is 0.0876 e. The highest BCUT2D eigenvalue weighted by molar-refractivity contribution is 14.1. The molecule has 2 saturated heterocycles. The predicted molar refractivity (Wildman–Crippen MR) is 73.6 cm³/mol. The second-order valence-corrected chi connectivity index (χ2v) is 6.76. The molecule has 0 bridgehead atoms. The highest BCUT2D eigenvalue weighted by atomic mass is 127. The van der Waals surface area contributed by atoms with Gasteiger partial charge in [-0.2, -0.15) is 0 Å². The monoisotopic (exact) mass is 422 g/mol. The van der Waals surface area contributed by atoms with E-state index in [1.165, 1.54) is 13.0 Å². The number of hydrogen-bond donors (Lipinski definition) is 0. The summed E-state index contributed by atoms with van der Waals surface area (Å²) in [5.74, 6) is 0.778. The highest BCUT2D eigenvalue weighted by Gasteiger charge is 2.38. The van der Waals surface area contributed by atoms with Crippen LogP contribution in [0.5, 0.6) is 0 Å². The Kier molecular flexibility index (Phi) is 4.32. The van der Waals surface area contributed by atoms with Crippen LogP contribution < -0.4 is 0 Å². The third-order valence-corrected chi connectivity index (χ3v) is 5.13. The first-order valence-electron chi connectivity index (χ1n) is 5.13. The zero-order chi connectivity index (χ0) is 10.1. The lowest BCUT2D eigenvalue weighted by molar-refractivity contribution is -0.0281. The van der Waals surface area contributed by atoms with E-state index in [2.05, 4.69) is 58.9 Å². The molecule has 0 saturated carbocycles. The maximum absolute atomic E-state index is 5.88. The molecule has 2 fully saturated rings. The molecule has 2 heterocycles. The molecule has 3 nitrogen and oxygen atoms in total. The van der Waals surface area contributed by atoms with Gasteiger partial charge >= 0.3 is 0 Å². The van der Waals surface area contributed by atoms with Crippen molar-refractivity contribution >= 4 is 45.7 Å². The van der Waals surface area contributed by atoms with Crippen molar-refractivity contribution in [3.8, 4) is 0 Å². The SMILES string of the molecule is C[C@@H]1CCN(I)C1C1CN(I)CCO1. The van der Waals surface area contributed by atoms with E-state index < -0.39 is 0 Å². The van der Waals surface area contributed by atoms with E-state index in [1.54, 1.807) is 0 Å². The Morgan fingerprint density at radius 1 is 1.29 bits per heavy atom. The van der Waals surface area contributed by atoms with E-state index in [0.29, 0.717) is 12.1 Å². The molecule has 0 aliphatic carbocycles. The van der Waals surface area contributed by atoms with Gasteiger partial charge in [0.1, 0.15) is 0 Å². The molecule has 0 N–H and O–H groups in total. The minimum Gasteiger partial charge on any atom is -0.374 e. The van der Waals surface area contributed by atoms with Crippen LogP contribution in [-0.4, -0.2) is 44.6 Å². The molecule has 82 valence electrons. The Morgan fingerprint density at radius 3 is 2.64 bits per heavy atom. The first kappa shape index (κ1) is 11.8. The van der Waals surface area contributed by atoms with Crippen LogP contribution in [0.25, 0.3) is 0 Å². The molecule has 0 aromatic carbocycles. The average molecular weight is 422 g/mol. The quantitative estimate of drug-likeness (QED) is 0.476. The van der Waals surface area contributed by atoms with Crippen molar-refractivity contribution in [3.63, 3.8) is 0 Å². The molecule has 0 aromatic heterocycles. The Hall–Kier alpha value is 1.34. The molecule has 2 aliphatic heterocycles. The fraction of sp³-hybridized carbons (Fsp3) is 1.00. The summed E-state index contributed by atoms with van der Waals surface area (Å²) in [5.41, 5.74) is 0. The zero-order valence-corrected chi connectivity index (χ0v) is 12.6. The van der Waals surface area contributed by atoms with Gasteiger partial charge in [-0.25, -0.2) is 6.23 Å². The van der Waals surface area contributed by atoms with Crippen LogP contribution in [0.4, 0.5) is 0 Å². The number of halogens is 2. The molecule has 0 spiro atoms. The molecule has 2 unspecified atom stereocenters. The van der Waals surface area contributed by atoms with E-state index >= 15 is 0 Å². The van der Waals surface area contributed by atoms with Gasteiger partial charge in [-0.3, -0.25) is 0 Å². The molecule has 0 amide bonds. The van der Waals surface area contributed by atoms with Gasteiger partial charge in [-0.1, -0.05) is 6.92 Å². The summed E-state index contributed by atoms with van der Waals surface area (Å²) in [6, 6.07) is 0.619. The summed E-state index contributed by atoms with van der Waals surface area (Å²) in [6.07, 6.45) is 1.73. The van der Waals surface area contributed by atoms with Crippen LogP contribution in [-0.2, 0) is 4.74 Å². The maximum atomic E-state index is 5.88. The topological polar surface area (TPSA) is 15.7 Å². The molecular weight excluding hydrogens is 406 g/mol. The van der Waals surface area contributed by atoms with Gasteiger partial charge in [0.2, 0.25) is 0 Å². The van der Waals surface area contributed by atoms with Crippen molar-refractivity contribution < 1.29 is 4.74 Å². The Balaban J connectivity index is 1.98. The number of rotatable bonds is 1. The summed E-state index contributed by atoms with van der Waals surface area (Å²) in [7, 11) is 0. The number of hydrogen-bond acceptors (Lipinski definition) is 3. The molecule has 0 radical (unpaired) electrons. The van der Waals surface area contributed by atoms with Gasteiger partial charge in [0.05, 0.1) is 12.7 Å². The van der Waals surface area contributed by atoms with Gasteiger partial charge in [-0.05, 0) is 12.3 Å². The van der Waals surface area contributed by atoms with Crippen LogP contribution in [0.15, 0.2) is 0 Å². The van der Waals surface area contributed by atoms with Crippen molar-refractivity contribution in [2.75, 3.05) is 26.2 Å². The smallest absolute Gasteiger partial charge is 0.0876 e. The third kappa shape index (κ3) is 2.53. The lowest BCUT2D eigenvalue weighted by atomic mass is 9.98. The standard InChI is InChI=1S/C9H16I2N2O/c1-7-2-3-13(11)9(7)8-6-12(10)4-5-14-8/h7-9H,2-6H2,1H3/t7-,8?,9?/m1/s1. The summed E-state index contributed by atoms with van der Waals surface area (Å²) < 4.78 is 10.7. The van der Waals surface area contributed by atoms with E-state index in [1.807, 2.05) is 0 Å². The van der Waals surface area contributed by atoms with E-state index in [0.717, 1.165) is 25.6 Å². The molecule has 2 rings (SSSR count). The second-order valence-electron chi connectivity index (χ2n) is 4.16. The van der Waals surface area contributed by atoms with Gasteiger partial charge in [-0.15, -0.1) is 0 Å². The predicted octanol–water partition coefficient (Wildman–Crippen LogP) is 2.10. The van der Waals surface area contributed by atoms with Crippen LogP contribution in [0.3, 0.4) is 0 Å². The number of ether oxygens (including phenoxy) is 1. The Labute approximate surface area is 114 Å². The summed E-state index contributed by atoms with van der Waals surface area (Å²) >= 11 is 4.86. The molecule has 3 atom stereocenters. The highest BCUT2D eigenvalue weighted by Crippen LogP contribution is 2.32. The fourth-order valence-electron chi connectivity index (χ4n) is 2.32. The van der Waals surface area contributed by atoms with Gasteiger partial charge in [0.15, 0.2) is 0 Å². The minimum absolute atomic E-state index is 0.412. The third-order valence-electron chi connectivity index (χ3n) is 3.13. The lowest BCUT2D eigenvalue weighted by Gasteiger charge is -2.36. The van der Waals surface area contributed by atoms with E-state index in [-0.39, 0.29) is 0 Å². The zero-order valence-electron chi connectivity index (χ0n) is 8.33. The van der Waals surface area contributed by atoms with E-state index in [4.69, 9.17) is 4.74 Å². The summed E-state index contributed by atoms with van der Waals surface area (Å²) in [5, 5.41) is 0. The van der Waals surface area contributed by atoms with Crippen molar-refractivity contribution in [1.82, 2.24) is 6.23 Å². The number of morpholine rings is 1. The largest absolute Gasteiger partial charge is 0.374 e. The summed E-state index contributed by atoms with van der Waals surface area (Å²) in [4.78, 5) is 0. The van der Waals surface area contributed by atoms with Gasteiger partial charge in [0.25, 0.3) is 0 Å². The molecule has 5 heteroatoms. The fourth-order valence-corrected chi connectivity index (χ4v) is 4.09. The summed E-state index contributed by atoms with van der Waals surface area (Å²) in [6.45, 7) is 6.60. The van der Waals surface area contributed by atoms with Crippen LogP contribution in [0.1, 0.15) is 13.3 Å². The Morgan fingerprint density at radius 2 is 2.07 bits per heavy atom. The van der Waals surface area contributed by atoms with Crippen molar-refractivity contribution in [3.05, 3.63) is 0 Å².